The Morgan fingerprint density at radius 2 is 1.89 bits per heavy atom. The zero-order valence-electron chi connectivity index (χ0n) is 16.8. The molecule has 1 aliphatic carbocycles. The van der Waals surface area contributed by atoms with Gasteiger partial charge in [0, 0.05) is 37.4 Å². The van der Waals surface area contributed by atoms with Crippen molar-refractivity contribution in [3.05, 3.63) is 35.9 Å². The van der Waals surface area contributed by atoms with Crippen LogP contribution < -0.4 is 15.5 Å². The molecule has 1 saturated heterocycles. The van der Waals surface area contributed by atoms with Gasteiger partial charge in [-0.3, -0.25) is 4.79 Å². The molecule has 0 aromatic heterocycles. The molecule has 0 unspecified atom stereocenters. The number of nitrogens with zero attached hydrogens (tertiary/aromatic N) is 1. The summed E-state index contributed by atoms with van der Waals surface area (Å²) in [5.74, 6) is 0.923. The topological polar surface area (TPSA) is 44.4 Å². The van der Waals surface area contributed by atoms with Crippen LogP contribution in [0.1, 0.15) is 58.3 Å². The van der Waals surface area contributed by atoms with Crippen molar-refractivity contribution in [3.63, 3.8) is 0 Å². The van der Waals surface area contributed by atoms with E-state index in [2.05, 4.69) is 40.7 Å². The summed E-state index contributed by atoms with van der Waals surface area (Å²) in [4.78, 5) is 14.6. The minimum Gasteiger partial charge on any atom is -0.372 e. The number of nitrogens with one attached hydrogen (secondary N) is 2. The van der Waals surface area contributed by atoms with Crippen molar-refractivity contribution in [2.45, 2.75) is 58.3 Å². The van der Waals surface area contributed by atoms with Crippen LogP contribution in [0.3, 0.4) is 0 Å². The fourth-order valence-corrected chi connectivity index (χ4v) is 3.95. The molecule has 148 valence electrons. The summed E-state index contributed by atoms with van der Waals surface area (Å²) in [5.41, 5.74) is 3.74. The van der Waals surface area contributed by atoms with E-state index in [-0.39, 0.29) is 5.91 Å². The molecule has 2 aliphatic rings. The van der Waals surface area contributed by atoms with E-state index >= 15 is 0 Å². The Morgan fingerprint density at radius 3 is 2.59 bits per heavy atom. The van der Waals surface area contributed by atoms with E-state index in [9.17, 15) is 4.79 Å². The van der Waals surface area contributed by atoms with Crippen LogP contribution in [-0.4, -0.2) is 32.1 Å². The van der Waals surface area contributed by atoms with Crippen LogP contribution in [0.4, 0.5) is 11.4 Å². The van der Waals surface area contributed by atoms with Gasteiger partial charge < -0.3 is 15.5 Å². The van der Waals surface area contributed by atoms with Gasteiger partial charge >= 0.3 is 0 Å². The Hall–Kier alpha value is -1.81. The van der Waals surface area contributed by atoms with Crippen LogP contribution >= 0.6 is 0 Å². The van der Waals surface area contributed by atoms with Crippen LogP contribution in [0.5, 0.6) is 0 Å². The van der Waals surface area contributed by atoms with Gasteiger partial charge in [-0.2, -0.15) is 0 Å². The normalized spacial score (nSPS) is 18.3. The van der Waals surface area contributed by atoms with E-state index in [1.807, 2.05) is 12.1 Å². The molecule has 1 aliphatic heterocycles. The van der Waals surface area contributed by atoms with Crippen molar-refractivity contribution < 1.29 is 4.79 Å². The number of rotatable bonds is 8. The lowest BCUT2D eigenvalue weighted by atomic mass is 9.97. The summed E-state index contributed by atoms with van der Waals surface area (Å²) in [5, 5.41) is 6.41. The average molecular weight is 370 g/mol. The van der Waals surface area contributed by atoms with E-state index in [0.717, 1.165) is 44.2 Å². The van der Waals surface area contributed by atoms with Crippen molar-refractivity contribution in [3.8, 4) is 0 Å². The zero-order valence-corrected chi connectivity index (χ0v) is 16.8. The van der Waals surface area contributed by atoms with Gasteiger partial charge in [-0.05, 0) is 81.7 Å². The fourth-order valence-electron chi connectivity index (χ4n) is 3.95. The molecule has 1 heterocycles. The van der Waals surface area contributed by atoms with Gasteiger partial charge in [0.05, 0.1) is 0 Å². The van der Waals surface area contributed by atoms with Crippen LogP contribution in [-0.2, 0) is 4.79 Å². The highest BCUT2D eigenvalue weighted by molar-refractivity contribution is 5.91. The largest absolute Gasteiger partial charge is 0.372 e. The predicted molar refractivity (Wildman–Crippen MR) is 114 cm³/mol. The maximum absolute atomic E-state index is 12.1. The highest BCUT2D eigenvalue weighted by atomic mass is 16.1. The summed E-state index contributed by atoms with van der Waals surface area (Å²) in [6, 6.07) is 8.30. The van der Waals surface area contributed by atoms with E-state index in [0.29, 0.717) is 6.42 Å². The molecule has 1 amide bonds. The lowest BCUT2D eigenvalue weighted by Crippen LogP contribution is -2.32. The number of benzene rings is 1. The van der Waals surface area contributed by atoms with E-state index < -0.39 is 0 Å². The number of carbonyl (C=O) groups excluding carboxylic acids is 1. The Kier molecular flexibility index (Phi) is 7.76. The second kappa shape index (κ2) is 10.5. The van der Waals surface area contributed by atoms with Gasteiger partial charge in [-0.25, -0.2) is 0 Å². The summed E-state index contributed by atoms with van der Waals surface area (Å²) in [6.07, 6.45) is 11.8. The third-order valence-corrected chi connectivity index (χ3v) is 5.84. The molecule has 3 rings (SSSR count). The lowest BCUT2D eigenvalue weighted by Gasteiger charge is -2.32. The molecule has 0 atom stereocenters. The maximum Gasteiger partial charge on any atom is 0.225 e. The van der Waals surface area contributed by atoms with Gasteiger partial charge in [-0.1, -0.05) is 18.6 Å². The molecule has 1 fully saturated rings. The molecule has 0 spiro atoms. The second-order valence-electron chi connectivity index (χ2n) is 8.12. The maximum atomic E-state index is 12.1. The molecule has 2 N–H and O–H groups in total. The first-order valence-electron chi connectivity index (χ1n) is 10.7. The highest BCUT2D eigenvalue weighted by Gasteiger charge is 2.15. The van der Waals surface area contributed by atoms with Gasteiger partial charge in [0.25, 0.3) is 0 Å². The summed E-state index contributed by atoms with van der Waals surface area (Å²) < 4.78 is 0. The first-order chi connectivity index (χ1) is 13.2. The van der Waals surface area contributed by atoms with E-state index in [1.54, 1.807) is 5.57 Å². The third kappa shape index (κ3) is 6.69. The van der Waals surface area contributed by atoms with Crippen molar-refractivity contribution in [2.24, 2.45) is 5.92 Å². The number of amides is 1. The standard InChI is InChI=1S/C23H35N3O/c1-19-13-17-26(18-14-19)22-9-7-21(8-10-22)25-23(27)12-16-24-15-11-20-5-3-2-4-6-20/h5,7-10,19,24H,2-4,6,11-18H2,1H3,(H,25,27). The summed E-state index contributed by atoms with van der Waals surface area (Å²) in [6.45, 7) is 6.31. The van der Waals surface area contributed by atoms with Crippen molar-refractivity contribution >= 4 is 17.3 Å². The monoisotopic (exact) mass is 369 g/mol. The summed E-state index contributed by atoms with van der Waals surface area (Å²) >= 11 is 0. The van der Waals surface area contributed by atoms with Gasteiger partial charge in [-0.15, -0.1) is 0 Å². The number of hydrogen-bond acceptors (Lipinski definition) is 3. The first-order valence-corrected chi connectivity index (χ1v) is 10.7. The quantitative estimate of drug-likeness (QED) is 0.514. The van der Waals surface area contributed by atoms with E-state index in [1.165, 1.54) is 44.2 Å². The number of anilines is 2. The van der Waals surface area contributed by atoms with Crippen molar-refractivity contribution in [1.29, 1.82) is 0 Å². The molecular formula is C23H35N3O. The number of hydrogen-bond donors (Lipinski definition) is 2. The molecule has 1 aromatic carbocycles. The highest BCUT2D eigenvalue weighted by Crippen LogP contribution is 2.24. The molecule has 27 heavy (non-hydrogen) atoms. The van der Waals surface area contributed by atoms with Crippen LogP contribution in [0, 0.1) is 5.92 Å². The second-order valence-corrected chi connectivity index (χ2v) is 8.12. The Bertz CT molecular complexity index is 615. The SMILES string of the molecule is CC1CCN(c2ccc(NC(=O)CCNCCC3=CCCCC3)cc2)CC1. The number of carbonyl (C=O) groups is 1. The molecule has 4 heteroatoms. The predicted octanol–water partition coefficient (Wildman–Crippen LogP) is 4.73. The molecule has 0 saturated carbocycles. The van der Waals surface area contributed by atoms with Gasteiger partial charge in [0.15, 0.2) is 0 Å². The lowest BCUT2D eigenvalue weighted by molar-refractivity contribution is -0.116. The van der Waals surface area contributed by atoms with Crippen LogP contribution in [0.15, 0.2) is 35.9 Å². The molecule has 1 aromatic rings. The fraction of sp³-hybridized carbons (Fsp3) is 0.609. The van der Waals surface area contributed by atoms with E-state index in [4.69, 9.17) is 0 Å². The zero-order chi connectivity index (χ0) is 18.9. The molecule has 0 bridgehead atoms. The van der Waals surface area contributed by atoms with Crippen molar-refractivity contribution in [1.82, 2.24) is 5.32 Å². The minimum absolute atomic E-state index is 0.0823. The van der Waals surface area contributed by atoms with Crippen molar-refractivity contribution in [2.75, 3.05) is 36.4 Å². The smallest absolute Gasteiger partial charge is 0.225 e. The Labute approximate surface area is 164 Å². The molecule has 0 radical (unpaired) electrons. The first kappa shape index (κ1) is 19.9. The van der Waals surface area contributed by atoms with Gasteiger partial charge in [0.1, 0.15) is 0 Å². The minimum atomic E-state index is 0.0823. The number of allylic oxidation sites excluding steroid dienone is 1. The molecular weight excluding hydrogens is 334 g/mol. The summed E-state index contributed by atoms with van der Waals surface area (Å²) in [7, 11) is 0. The van der Waals surface area contributed by atoms with Crippen LogP contribution in [0.25, 0.3) is 0 Å². The van der Waals surface area contributed by atoms with Crippen LogP contribution in [0.2, 0.25) is 0 Å². The third-order valence-electron chi connectivity index (χ3n) is 5.84. The average Bonchev–Trinajstić information content (AvgIpc) is 2.70. The molecule has 4 nitrogen and oxygen atoms in total. The Balaban J connectivity index is 1.32. The van der Waals surface area contributed by atoms with Gasteiger partial charge in [0.2, 0.25) is 5.91 Å². The Morgan fingerprint density at radius 1 is 1.11 bits per heavy atom. The number of piperidine rings is 1.